The topological polar surface area (TPSA) is 46.6 Å². The Labute approximate surface area is 131 Å². The average molecular weight is 301 g/mol. The first-order chi connectivity index (χ1) is 10.7. The second-order valence-electron chi connectivity index (χ2n) is 6.28. The average Bonchev–Trinajstić information content (AvgIpc) is 2.60. The molecule has 22 heavy (non-hydrogen) atoms. The van der Waals surface area contributed by atoms with Crippen LogP contribution in [-0.2, 0) is 22.4 Å². The van der Waals surface area contributed by atoms with Gasteiger partial charge < -0.3 is 9.64 Å². The fraction of sp³-hybridized carbons (Fsp3) is 0.556. The van der Waals surface area contributed by atoms with E-state index in [9.17, 15) is 9.59 Å². The van der Waals surface area contributed by atoms with Crippen LogP contribution in [-0.4, -0.2) is 37.0 Å². The molecule has 1 heterocycles. The molecule has 0 atom stereocenters. The number of rotatable bonds is 2. The summed E-state index contributed by atoms with van der Waals surface area (Å²) in [6.45, 7) is 1.27. The van der Waals surface area contributed by atoms with Crippen molar-refractivity contribution in [3.63, 3.8) is 0 Å². The highest BCUT2D eigenvalue weighted by atomic mass is 16.5. The number of carbonyl (C=O) groups is 2. The molecule has 1 amide bonds. The first kappa shape index (κ1) is 15.1. The van der Waals surface area contributed by atoms with Gasteiger partial charge in [0.05, 0.1) is 13.0 Å². The minimum absolute atomic E-state index is 0.0578. The van der Waals surface area contributed by atoms with Crippen LogP contribution in [0.5, 0.6) is 0 Å². The molecular formula is C18H23NO3. The number of likely N-dealkylation sites (tertiary alicyclic amines) is 1. The molecule has 1 fully saturated rings. The molecule has 0 aromatic heterocycles. The van der Waals surface area contributed by atoms with Crippen molar-refractivity contribution in [1.29, 1.82) is 0 Å². The van der Waals surface area contributed by atoms with Crippen LogP contribution in [0, 0.1) is 5.92 Å². The Balaban J connectivity index is 1.66. The lowest BCUT2D eigenvalue weighted by molar-refractivity contribution is -0.146. The molecule has 0 spiro atoms. The Hall–Kier alpha value is -1.84. The Morgan fingerprint density at radius 1 is 1.09 bits per heavy atom. The fourth-order valence-electron chi connectivity index (χ4n) is 3.53. The van der Waals surface area contributed by atoms with Gasteiger partial charge in [-0.3, -0.25) is 9.59 Å². The number of benzene rings is 1. The van der Waals surface area contributed by atoms with Gasteiger partial charge in [0.1, 0.15) is 0 Å². The van der Waals surface area contributed by atoms with Crippen LogP contribution in [0.3, 0.4) is 0 Å². The van der Waals surface area contributed by atoms with E-state index < -0.39 is 0 Å². The standard InChI is InChI=1S/C18H23NO3/c1-22-18(21)14-8-10-19(11-9-14)17(20)16-7-6-13-4-2-3-5-15(13)12-16/h6-7,12,14H,2-5,8-11H2,1H3. The summed E-state index contributed by atoms with van der Waals surface area (Å²) in [6.07, 6.45) is 6.08. The van der Waals surface area contributed by atoms with Crippen molar-refractivity contribution < 1.29 is 14.3 Å². The molecule has 4 heteroatoms. The van der Waals surface area contributed by atoms with Crippen LogP contribution in [0.25, 0.3) is 0 Å². The van der Waals surface area contributed by atoms with Crippen LogP contribution in [0.4, 0.5) is 0 Å². The smallest absolute Gasteiger partial charge is 0.308 e. The maximum absolute atomic E-state index is 12.6. The molecule has 0 bridgehead atoms. The first-order valence-corrected chi connectivity index (χ1v) is 8.18. The number of esters is 1. The van der Waals surface area contributed by atoms with Crippen molar-refractivity contribution in [2.45, 2.75) is 38.5 Å². The Morgan fingerprint density at radius 3 is 2.45 bits per heavy atom. The zero-order valence-corrected chi connectivity index (χ0v) is 13.1. The third-order valence-electron chi connectivity index (χ3n) is 4.91. The molecule has 2 aliphatic rings. The third kappa shape index (κ3) is 3.01. The molecule has 0 saturated carbocycles. The second kappa shape index (κ2) is 6.51. The molecule has 3 rings (SSSR count). The maximum Gasteiger partial charge on any atom is 0.308 e. The molecule has 0 N–H and O–H groups in total. The number of nitrogens with zero attached hydrogens (tertiary/aromatic N) is 1. The van der Waals surface area contributed by atoms with Crippen LogP contribution in [0.1, 0.15) is 47.2 Å². The van der Waals surface area contributed by atoms with Gasteiger partial charge in [0.15, 0.2) is 0 Å². The minimum atomic E-state index is -0.152. The van der Waals surface area contributed by atoms with Crippen LogP contribution in [0.15, 0.2) is 18.2 Å². The van der Waals surface area contributed by atoms with Gasteiger partial charge in [-0.2, -0.15) is 0 Å². The maximum atomic E-state index is 12.6. The van der Waals surface area contributed by atoms with Crippen LogP contribution < -0.4 is 0 Å². The normalized spacial score (nSPS) is 18.7. The second-order valence-corrected chi connectivity index (χ2v) is 6.28. The zero-order chi connectivity index (χ0) is 15.5. The number of aryl methyl sites for hydroxylation is 2. The van der Waals surface area contributed by atoms with Gasteiger partial charge in [-0.1, -0.05) is 6.07 Å². The van der Waals surface area contributed by atoms with Crippen molar-refractivity contribution in [3.8, 4) is 0 Å². The summed E-state index contributed by atoms with van der Waals surface area (Å²) in [7, 11) is 1.42. The molecule has 1 saturated heterocycles. The highest BCUT2D eigenvalue weighted by Crippen LogP contribution is 2.24. The molecule has 1 aliphatic carbocycles. The summed E-state index contributed by atoms with van der Waals surface area (Å²) >= 11 is 0. The van der Waals surface area contributed by atoms with E-state index in [-0.39, 0.29) is 17.8 Å². The molecule has 4 nitrogen and oxygen atoms in total. The van der Waals surface area contributed by atoms with E-state index in [4.69, 9.17) is 4.74 Å². The van der Waals surface area contributed by atoms with Crippen LogP contribution in [0.2, 0.25) is 0 Å². The summed E-state index contributed by atoms with van der Waals surface area (Å²) < 4.78 is 4.79. The van der Waals surface area contributed by atoms with Gasteiger partial charge in [-0.05, 0) is 61.8 Å². The molecular weight excluding hydrogens is 278 g/mol. The summed E-state index contributed by atoms with van der Waals surface area (Å²) in [6, 6.07) is 6.14. The number of fused-ring (bicyclic) bond motifs is 1. The van der Waals surface area contributed by atoms with Gasteiger partial charge >= 0.3 is 5.97 Å². The van der Waals surface area contributed by atoms with E-state index in [1.807, 2.05) is 11.0 Å². The van der Waals surface area contributed by atoms with E-state index in [0.717, 1.165) is 18.4 Å². The SMILES string of the molecule is COC(=O)C1CCN(C(=O)c2ccc3c(c2)CCCC3)CC1. The summed E-state index contributed by atoms with van der Waals surface area (Å²) in [5.41, 5.74) is 3.52. The molecule has 1 aliphatic heterocycles. The lowest BCUT2D eigenvalue weighted by atomic mass is 9.90. The number of ether oxygens (including phenoxy) is 1. The summed E-state index contributed by atoms with van der Waals surface area (Å²) in [4.78, 5) is 26.1. The van der Waals surface area contributed by atoms with E-state index in [1.54, 1.807) is 0 Å². The number of amides is 1. The van der Waals surface area contributed by atoms with Crippen molar-refractivity contribution in [3.05, 3.63) is 34.9 Å². The molecule has 118 valence electrons. The third-order valence-corrected chi connectivity index (χ3v) is 4.91. The number of methoxy groups -OCH3 is 1. The quantitative estimate of drug-likeness (QED) is 0.789. The Morgan fingerprint density at radius 2 is 1.77 bits per heavy atom. The number of hydrogen-bond donors (Lipinski definition) is 0. The Kier molecular flexibility index (Phi) is 4.46. The van der Waals surface area contributed by atoms with E-state index in [2.05, 4.69) is 12.1 Å². The molecule has 1 aromatic rings. The fourth-order valence-corrected chi connectivity index (χ4v) is 3.53. The Bertz CT molecular complexity index is 574. The van der Waals surface area contributed by atoms with Gasteiger partial charge in [-0.15, -0.1) is 0 Å². The highest BCUT2D eigenvalue weighted by molar-refractivity contribution is 5.94. The largest absolute Gasteiger partial charge is 0.469 e. The summed E-state index contributed by atoms with van der Waals surface area (Å²) in [5, 5.41) is 0. The molecule has 0 radical (unpaired) electrons. The number of piperidine rings is 1. The van der Waals surface area contributed by atoms with Crippen LogP contribution >= 0.6 is 0 Å². The molecule has 0 unspecified atom stereocenters. The van der Waals surface area contributed by atoms with E-state index >= 15 is 0 Å². The van der Waals surface area contributed by atoms with Crippen molar-refractivity contribution in [1.82, 2.24) is 4.90 Å². The lowest BCUT2D eigenvalue weighted by Gasteiger charge is -2.31. The zero-order valence-electron chi connectivity index (χ0n) is 13.1. The van der Waals surface area contributed by atoms with Gasteiger partial charge in [0.2, 0.25) is 0 Å². The van der Waals surface area contributed by atoms with Crippen molar-refractivity contribution in [2.24, 2.45) is 5.92 Å². The van der Waals surface area contributed by atoms with Crippen molar-refractivity contribution in [2.75, 3.05) is 20.2 Å². The highest BCUT2D eigenvalue weighted by Gasteiger charge is 2.28. The predicted octanol–water partition coefficient (Wildman–Crippen LogP) is 2.59. The van der Waals surface area contributed by atoms with E-state index in [1.165, 1.54) is 31.1 Å². The minimum Gasteiger partial charge on any atom is -0.469 e. The predicted molar refractivity (Wildman–Crippen MR) is 83.7 cm³/mol. The number of hydrogen-bond acceptors (Lipinski definition) is 3. The number of carbonyl (C=O) groups excluding carboxylic acids is 2. The molecule has 1 aromatic carbocycles. The monoisotopic (exact) mass is 301 g/mol. The lowest BCUT2D eigenvalue weighted by Crippen LogP contribution is -2.40. The van der Waals surface area contributed by atoms with Gasteiger partial charge in [0, 0.05) is 18.7 Å². The van der Waals surface area contributed by atoms with Gasteiger partial charge in [0.25, 0.3) is 5.91 Å². The first-order valence-electron chi connectivity index (χ1n) is 8.18. The van der Waals surface area contributed by atoms with Gasteiger partial charge in [-0.25, -0.2) is 0 Å². The van der Waals surface area contributed by atoms with E-state index in [0.29, 0.717) is 25.9 Å². The summed E-state index contributed by atoms with van der Waals surface area (Å²) in [5.74, 6) is -0.116. The van der Waals surface area contributed by atoms with Crippen molar-refractivity contribution >= 4 is 11.9 Å².